The summed E-state index contributed by atoms with van der Waals surface area (Å²) in [6, 6.07) is 0.0556. The predicted molar refractivity (Wildman–Crippen MR) is 96.8 cm³/mol. The van der Waals surface area contributed by atoms with E-state index in [1.165, 1.54) is 6.33 Å². The first-order chi connectivity index (χ1) is 12.9. The lowest BCUT2D eigenvalue weighted by molar-refractivity contribution is -0.129. The van der Waals surface area contributed by atoms with E-state index in [1.807, 2.05) is 4.90 Å². The second-order valence-corrected chi connectivity index (χ2v) is 8.14. The molecule has 144 valence electrons. The summed E-state index contributed by atoms with van der Waals surface area (Å²) >= 11 is 0. The van der Waals surface area contributed by atoms with Crippen LogP contribution in [0.2, 0.25) is 0 Å². The monoisotopic (exact) mass is 375 g/mol. The van der Waals surface area contributed by atoms with Gasteiger partial charge in [-0.2, -0.15) is 0 Å². The fourth-order valence-electron chi connectivity index (χ4n) is 5.39. The van der Waals surface area contributed by atoms with E-state index in [0.29, 0.717) is 41.8 Å². The van der Waals surface area contributed by atoms with Gasteiger partial charge in [-0.3, -0.25) is 4.79 Å². The molecule has 5 rings (SSSR count). The first-order valence-electron chi connectivity index (χ1n) is 9.67. The third-order valence-electron chi connectivity index (χ3n) is 6.77. The number of nitrogens with one attached hydrogen (secondary N) is 2. The third-order valence-corrected chi connectivity index (χ3v) is 6.77. The van der Waals surface area contributed by atoms with E-state index in [4.69, 9.17) is 0 Å². The summed E-state index contributed by atoms with van der Waals surface area (Å²) in [5.74, 6) is -2.57. The topological polar surface area (TPSA) is 73.9 Å². The van der Waals surface area contributed by atoms with Crippen LogP contribution in [-0.2, 0) is 10.2 Å². The fraction of sp³-hybridized carbons (Fsp3) is 0.632. The number of rotatable bonds is 3. The molecular formula is C19H23F2N5O. The molecule has 3 fully saturated rings. The number of H-pyrrole nitrogens is 1. The molecule has 6 nitrogen and oxygen atoms in total. The number of aromatic amines is 1. The Morgan fingerprint density at radius 1 is 1.33 bits per heavy atom. The Balaban J connectivity index is 1.51. The Kier molecular flexibility index (Phi) is 3.52. The molecule has 0 spiro atoms. The number of nitrogens with zero attached hydrogens (tertiary/aromatic N) is 3. The van der Waals surface area contributed by atoms with Gasteiger partial charge in [-0.05, 0) is 31.2 Å². The van der Waals surface area contributed by atoms with Crippen molar-refractivity contribution in [2.45, 2.75) is 56.4 Å². The number of carbonyl (C=O) groups excluding carboxylic acids is 1. The molecule has 1 aliphatic heterocycles. The van der Waals surface area contributed by atoms with Gasteiger partial charge in [0, 0.05) is 38.2 Å². The maximum atomic E-state index is 14.6. The van der Waals surface area contributed by atoms with Crippen molar-refractivity contribution < 1.29 is 13.6 Å². The second kappa shape index (κ2) is 5.62. The van der Waals surface area contributed by atoms with Gasteiger partial charge in [0.2, 0.25) is 5.91 Å². The van der Waals surface area contributed by atoms with E-state index in [9.17, 15) is 13.6 Å². The zero-order chi connectivity index (χ0) is 18.8. The normalized spacial score (nSPS) is 31.7. The number of fused-ring (bicyclic) bond motifs is 2. The lowest BCUT2D eigenvalue weighted by Gasteiger charge is -2.33. The van der Waals surface area contributed by atoms with Crippen molar-refractivity contribution in [3.8, 4) is 0 Å². The minimum absolute atomic E-state index is 0.0556. The highest BCUT2D eigenvalue weighted by Crippen LogP contribution is 2.75. The standard InChI is InChI=1S/C19H23F2N5O/c1-11(27)26-7-3-4-12(9-26)25-17-15-13(8-22-16(15)23-10-24-17)18-6-2-5-14(18)19(18,20)21/h8,10,12,14H,2-7,9H2,1H3,(H2,22,23,24,25)/t12-,14?,18?/m1/s1. The van der Waals surface area contributed by atoms with Gasteiger partial charge in [0.05, 0.1) is 10.8 Å². The zero-order valence-electron chi connectivity index (χ0n) is 15.3. The molecule has 2 aromatic heterocycles. The number of anilines is 1. The highest BCUT2D eigenvalue weighted by molar-refractivity contribution is 5.92. The largest absolute Gasteiger partial charge is 0.365 e. The van der Waals surface area contributed by atoms with Crippen LogP contribution in [0, 0.1) is 5.92 Å². The summed E-state index contributed by atoms with van der Waals surface area (Å²) < 4.78 is 29.2. The Morgan fingerprint density at radius 3 is 2.93 bits per heavy atom. The first kappa shape index (κ1) is 16.9. The van der Waals surface area contributed by atoms with Gasteiger partial charge < -0.3 is 15.2 Å². The Morgan fingerprint density at radius 2 is 2.19 bits per heavy atom. The summed E-state index contributed by atoms with van der Waals surface area (Å²) in [7, 11) is 0. The molecule has 1 saturated heterocycles. The van der Waals surface area contributed by atoms with Crippen molar-refractivity contribution >= 4 is 22.8 Å². The maximum Gasteiger partial charge on any atom is 0.262 e. The highest BCUT2D eigenvalue weighted by Gasteiger charge is 2.82. The first-order valence-corrected chi connectivity index (χ1v) is 9.67. The van der Waals surface area contributed by atoms with Gasteiger partial charge in [0.25, 0.3) is 5.92 Å². The molecule has 2 unspecified atom stereocenters. The molecule has 3 atom stereocenters. The molecule has 0 radical (unpaired) electrons. The number of piperidine rings is 1. The van der Waals surface area contributed by atoms with Crippen LogP contribution in [0.1, 0.15) is 44.6 Å². The van der Waals surface area contributed by atoms with E-state index < -0.39 is 17.3 Å². The summed E-state index contributed by atoms with van der Waals surface area (Å²) in [5, 5.41) is 4.09. The number of hydrogen-bond acceptors (Lipinski definition) is 4. The van der Waals surface area contributed by atoms with Crippen LogP contribution in [0.5, 0.6) is 0 Å². The molecule has 1 amide bonds. The molecule has 2 aliphatic carbocycles. The molecule has 3 aliphatic rings. The Hall–Kier alpha value is -2.25. The van der Waals surface area contributed by atoms with E-state index in [0.717, 1.165) is 25.8 Å². The third kappa shape index (κ3) is 2.24. The predicted octanol–water partition coefficient (Wildman–Crippen LogP) is 3.07. The molecule has 2 saturated carbocycles. The van der Waals surface area contributed by atoms with Crippen molar-refractivity contribution in [2.75, 3.05) is 18.4 Å². The lowest BCUT2D eigenvalue weighted by atomic mass is 9.92. The molecular weight excluding hydrogens is 352 g/mol. The fourth-order valence-corrected chi connectivity index (χ4v) is 5.39. The van der Waals surface area contributed by atoms with Crippen molar-refractivity contribution in [3.05, 3.63) is 18.1 Å². The molecule has 0 bridgehead atoms. The van der Waals surface area contributed by atoms with Gasteiger partial charge >= 0.3 is 0 Å². The van der Waals surface area contributed by atoms with Crippen LogP contribution in [-0.4, -0.2) is 50.8 Å². The van der Waals surface area contributed by atoms with Crippen LogP contribution >= 0.6 is 0 Å². The molecule has 27 heavy (non-hydrogen) atoms. The Bertz CT molecular complexity index is 913. The van der Waals surface area contributed by atoms with E-state index in [-0.39, 0.29) is 11.9 Å². The smallest absolute Gasteiger partial charge is 0.262 e. The summed E-state index contributed by atoms with van der Waals surface area (Å²) in [6.45, 7) is 2.94. The number of alkyl halides is 2. The number of halogens is 2. The minimum atomic E-state index is -2.65. The molecule has 2 N–H and O–H groups in total. The summed E-state index contributed by atoms with van der Waals surface area (Å²) in [4.78, 5) is 25.2. The quantitative estimate of drug-likeness (QED) is 0.865. The number of aromatic nitrogens is 3. The Labute approximate surface area is 155 Å². The van der Waals surface area contributed by atoms with Crippen molar-refractivity contribution in [2.24, 2.45) is 5.92 Å². The van der Waals surface area contributed by atoms with Gasteiger partial charge in [-0.1, -0.05) is 6.42 Å². The number of amides is 1. The number of likely N-dealkylation sites (tertiary alicyclic amines) is 1. The minimum Gasteiger partial charge on any atom is -0.365 e. The SMILES string of the molecule is CC(=O)N1CCC[C@@H](Nc2ncnc3[nH]cc(C45CCCC4C5(F)F)c23)C1. The molecule has 0 aromatic carbocycles. The molecule has 8 heteroatoms. The van der Waals surface area contributed by atoms with Crippen LogP contribution < -0.4 is 5.32 Å². The average Bonchev–Trinajstić information content (AvgIpc) is 3.08. The second-order valence-electron chi connectivity index (χ2n) is 8.14. The van der Waals surface area contributed by atoms with Gasteiger partial charge in [0.1, 0.15) is 17.8 Å². The maximum absolute atomic E-state index is 14.6. The molecule has 2 aromatic rings. The van der Waals surface area contributed by atoms with Crippen molar-refractivity contribution in [3.63, 3.8) is 0 Å². The van der Waals surface area contributed by atoms with Crippen LogP contribution in [0.15, 0.2) is 12.5 Å². The van der Waals surface area contributed by atoms with Gasteiger partial charge in [0.15, 0.2) is 0 Å². The molecule has 3 heterocycles. The zero-order valence-corrected chi connectivity index (χ0v) is 15.3. The highest BCUT2D eigenvalue weighted by atomic mass is 19.3. The number of hydrogen-bond donors (Lipinski definition) is 2. The van der Waals surface area contributed by atoms with Crippen molar-refractivity contribution in [1.29, 1.82) is 0 Å². The average molecular weight is 375 g/mol. The van der Waals surface area contributed by atoms with Gasteiger partial charge in [-0.25, -0.2) is 18.7 Å². The summed E-state index contributed by atoms with van der Waals surface area (Å²) in [5.41, 5.74) is 0.168. The van der Waals surface area contributed by atoms with E-state index in [1.54, 1.807) is 13.1 Å². The van der Waals surface area contributed by atoms with Gasteiger partial charge in [-0.15, -0.1) is 0 Å². The van der Waals surface area contributed by atoms with Crippen LogP contribution in [0.3, 0.4) is 0 Å². The van der Waals surface area contributed by atoms with E-state index in [2.05, 4.69) is 20.3 Å². The van der Waals surface area contributed by atoms with Crippen LogP contribution in [0.4, 0.5) is 14.6 Å². The lowest BCUT2D eigenvalue weighted by Crippen LogP contribution is -2.44. The van der Waals surface area contributed by atoms with E-state index >= 15 is 0 Å². The summed E-state index contributed by atoms with van der Waals surface area (Å²) in [6.07, 6.45) is 6.89. The van der Waals surface area contributed by atoms with Crippen LogP contribution in [0.25, 0.3) is 11.0 Å². The van der Waals surface area contributed by atoms with Crippen molar-refractivity contribution in [1.82, 2.24) is 19.9 Å². The number of carbonyl (C=O) groups is 1.